The molecule has 88 valence electrons. The minimum absolute atomic E-state index is 0.0240. The van der Waals surface area contributed by atoms with Crippen molar-refractivity contribution in [2.75, 3.05) is 0 Å². The zero-order valence-corrected chi connectivity index (χ0v) is 10.9. The summed E-state index contributed by atoms with van der Waals surface area (Å²) in [7, 11) is 0. The molecule has 16 heavy (non-hydrogen) atoms. The van der Waals surface area contributed by atoms with Gasteiger partial charge in [-0.15, -0.1) is 0 Å². The van der Waals surface area contributed by atoms with E-state index in [9.17, 15) is 0 Å². The fraction of sp³-hybridized carbons (Fsp3) is 0.467. The highest BCUT2D eigenvalue weighted by atomic mass is 14.6. The molecule has 2 N–H and O–H groups in total. The van der Waals surface area contributed by atoms with E-state index >= 15 is 0 Å². The molecule has 0 amide bonds. The van der Waals surface area contributed by atoms with Gasteiger partial charge in [0.15, 0.2) is 0 Å². The van der Waals surface area contributed by atoms with Crippen LogP contribution in [-0.4, -0.2) is 0 Å². The van der Waals surface area contributed by atoms with Gasteiger partial charge >= 0.3 is 0 Å². The summed E-state index contributed by atoms with van der Waals surface area (Å²) in [4.78, 5) is 0. The van der Waals surface area contributed by atoms with Crippen molar-refractivity contribution in [3.8, 4) is 0 Å². The molecule has 0 aliphatic carbocycles. The summed E-state index contributed by atoms with van der Waals surface area (Å²) in [5.41, 5.74) is 7.23. The Balaban J connectivity index is 3.45. The Kier molecular flexibility index (Phi) is 4.17. The molecule has 0 aliphatic heterocycles. The molecule has 0 heterocycles. The summed E-state index contributed by atoms with van der Waals surface area (Å²) >= 11 is 0. The van der Waals surface area contributed by atoms with Crippen LogP contribution in [0.15, 0.2) is 24.3 Å². The van der Waals surface area contributed by atoms with Crippen LogP contribution in [0.25, 0.3) is 11.8 Å². The van der Waals surface area contributed by atoms with Gasteiger partial charge in [0.1, 0.15) is 0 Å². The van der Waals surface area contributed by atoms with Crippen molar-refractivity contribution in [1.29, 1.82) is 0 Å². The highest BCUT2D eigenvalue weighted by Gasteiger charge is 2.14. The van der Waals surface area contributed by atoms with E-state index in [0.717, 1.165) is 12.1 Å². The van der Waals surface area contributed by atoms with E-state index in [1.54, 1.807) is 0 Å². The lowest BCUT2D eigenvalue weighted by atomic mass is 9.90. The van der Waals surface area contributed by atoms with Crippen LogP contribution in [0.2, 0.25) is 0 Å². The summed E-state index contributed by atoms with van der Waals surface area (Å²) < 4.78 is 0. The maximum Gasteiger partial charge on any atom is 0.0215 e. The Morgan fingerprint density at radius 2 is 1.88 bits per heavy atom. The molecule has 0 fully saturated rings. The zero-order chi connectivity index (χ0) is 12.2. The van der Waals surface area contributed by atoms with Crippen molar-refractivity contribution in [2.45, 2.75) is 40.5 Å². The SMILES string of the molecule is CCC/C=c1/cccc/c1=C(/N)C(C)(C)C. The maximum absolute atomic E-state index is 6.24. The molecule has 0 unspecified atom stereocenters. The lowest BCUT2D eigenvalue weighted by molar-refractivity contribution is 0.554. The van der Waals surface area contributed by atoms with Crippen LogP contribution in [0.3, 0.4) is 0 Å². The van der Waals surface area contributed by atoms with Crippen LogP contribution < -0.4 is 16.2 Å². The number of rotatable bonds is 2. The molecule has 1 aromatic rings. The Morgan fingerprint density at radius 3 is 2.44 bits per heavy atom. The van der Waals surface area contributed by atoms with Crippen LogP contribution in [0, 0.1) is 5.41 Å². The smallest absolute Gasteiger partial charge is 0.0215 e. The van der Waals surface area contributed by atoms with Gasteiger partial charge in [-0.25, -0.2) is 0 Å². The van der Waals surface area contributed by atoms with E-state index in [4.69, 9.17) is 5.73 Å². The van der Waals surface area contributed by atoms with Crippen molar-refractivity contribution in [3.05, 3.63) is 34.7 Å². The van der Waals surface area contributed by atoms with Crippen molar-refractivity contribution in [2.24, 2.45) is 11.1 Å². The minimum Gasteiger partial charge on any atom is -0.401 e. The van der Waals surface area contributed by atoms with Crippen molar-refractivity contribution in [1.82, 2.24) is 0 Å². The minimum atomic E-state index is 0.0240. The zero-order valence-electron chi connectivity index (χ0n) is 10.9. The van der Waals surface area contributed by atoms with Crippen LogP contribution in [0.1, 0.15) is 40.5 Å². The molecule has 1 aromatic carbocycles. The average Bonchev–Trinajstić information content (AvgIpc) is 2.24. The Hall–Kier alpha value is -1.24. The van der Waals surface area contributed by atoms with Gasteiger partial charge in [0.25, 0.3) is 0 Å². The molecule has 1 rings (SSSR count). The number of hydrogen-bond donors (Lipinski definition) is 1. The van der Waals surface area contributed by atoms with Crippen LogP contribution in [0.4, 0.5) is 0 Å². The number of unbranched alkanes of at least 4 members (excludes halogenated alkanes) is 1. The Labute approximate surface area is 98.7 Å². The lowest BCUT2D eigenvalue weighted by Crippen LogP contribution is -2.34. The van der Waals surface area contributed by atoms with Gasteiger partial charge < -0.3 is 5.73 Å². The first kappa shape index (κ1) is 12.8. The quantitative estimate of drug-likeness (QED) is 0.808. The summed E-state index contributed by atoms with van der Waals surface area (Å²) in [5, 5.41) is 2.44. The van der Waals surface area contributed by atoms with Gasteiger partial charge in [-0.3, -0.25) is 0 Å². The fourth-order valence-electron chi connectivity index (χ4n) is 1.62. The fourth-order valence-corrected chi connectivity index (χ4v) is 1.62. The number of hydrogen-bond acceptors (Lipinski definition) is 1. The molecular formula is C15H23N. The standard InChI is InChI=1S/C15H23N/c1-5-6-9-12-10-7-8-11-13(12)14(16)15(2,3)4/h7-11H,5-6,16H2,1-4H3/b12-9-,14-13-. The first-order valence-corrected chi connectivity index (χ1v) is 6.02. The average molecular weight is 217 g/mol. The molecule has 1 nitrogen and oxygen atoms in total. The first-order chi connectivity index (χ1) is 7.46. The van der Waals surface area contributed by atoms with Gasteiger partial charge in [0.2, 0.25) is 0 Å². The molecule has 0 saturated carbocycles. The van der Waals surface area contributed by atoms with E-state index in [-0.39, 0.29) is 5.41 Å². The van der Waals surface area contributed by atoms with Crippen molar-refractivity contribution >= 4 is 11.8 Å². The molecular weight excluding hydrogens is 194 g/mol. The summed E-state index contributed by atoms with van der Waals surface area (Å²) in [6.07, 6.45) is 4.55. The van der Waals surface area contributed by atoms with Crippen LogP contribution in [0.5, 0.6) is 0 Å². The highest BCUT2D eigenvalue weighted by Crippen LogP contribution is 2.19. The molecule has 0 spiro atoms. The predicted molar refractivity (Wildman–Crippen MR) is 72.1 cm³/mol. The van der Waals surface area contributed by atoms with E-state index in [0.29, 0.717) is 0 Å². The molecule has 0 aromatic heterocycles. The highest BCUT2D eigenvalue weighted by molar-refractivity contribution is 5.47. The molecule has 0 atom stereocenters. The van der Waals surface area contributed by atoms with Crippen LogP contribution >= 0.6 is 0 Å². The van der Waals surface area contributed by atoms with E-state index in [1.807, 2.05) is 0 Å². The van der Waals surface area contributed by atoms with Gasteiger partial charge in [0, 0.05) is 16.3 Å². The van der Waals surface area contributed by atoms with Gasteiger partial charge in [-0.2, -0.15) is 0 Å². The molecule has 0 saturated heterocycles. The molecule has 0 bridgehead atoms. The molecule has 0 radical (unpaired) electrons. The Morgan fingerprint density at radius 1 is 1.25 bits per heavy atom. The third-order valence-electron chi connectivity index (χ3n) is 2.71. The summed E-state index contributed by atoms with van der Waals surface area (Å²) in [6.45, 7) is 8.65. The van der Waals surface area contributed by atoms with E-state index in [1.165, 1.54) is 16.9 Å². The second-order valence-corrected chi connectivity index (χ2v) is 5.24. The largest absolute Gasteiger partial charge is 0.401 e. The lowest BCUT2D eigenvalue weighted by Gasteiger charge is -2.19. The number of benzene rings is 1. The normalized spacial score (nSPS) is 15.1. The van der Waals surface area contributed by atoms with Gasteiger partial charge in [-0.1, -0.05) is 64.5 Å². The Bertz CT molecular complexity index is 449. The summed E-state index contributed by atoms with van der Waals surface area (Å²) in [5.74, 6) is 0. The topological polar surface area (TPSA) is 26.0 Å². The van der Waals surface area contributed by atoms with E-state index < -0.39 is 0 Å². The molecule has 1 heteroatoms. The first-order valence-electron chi connectivity index (χ1n) is 6.02. The van der Waals surface area contributed by atoms with E-state index in [2.05, 4.69) is 58.0 Å². The van der Waals surface area contributed by atoms with Crippen molar-refractivity contribution in [3.63, 3.8) is 0 Å². The maximum atomic E-state index is 6.24. The third kappa shape index (κ3) is 3.13. The van der Waals surface area contributed by atoms with Crippen molar-refractivity contribution < 1.29 is 0 Å². The summed E-state index contributed by atoms with van der Waals surface area (Å²) in [6, 6.07) is 8.38. The number of nitrogens with two attached hydrogens (primary N) is 1. The van der Waals surface area contributed by atoms with Gasteiger partial charge in [0.05, 0.1) is 0 Å². The van der Waals surface area contributed by atoms with Gasteiger partial charge in [-0.05, 0) is 11.6 Å². The monoisotopic (exact) mass is 217 g/mol. The third-order valence-corrected chi connectivity index (χ3v) is 2.71. The predicted octanol–water partition coefficient (Wildman–Crippen LogP) is 2.38. The second-order valence-electron chi connectivity index (χ2n) is 5.24. The second kappa shape index (κ2) is 5.20. The van der Waals surface area contributed by atoms with Crippen LogP contribution in [-0.2, 0) is 0 Å². The molecule has 0 aliphatic rings.